The van der Waals surface area contributed by atoms with Crippen molar-refractivity contribution in [1.82, 2.24) is 10.3 Å². The highest BCUT2D eigenvalue weighted by molar-refractivity contribution is 6.31. The number of carbonyl (C=O) groups is 1. The predicted octanol–water partition coefficient (Wildman–Crippen LogP) is 2.26. The van der Waals surface area contributed by atoms with Crippen LogP contribution in [0.25, 0.3) is 0 Å². The molecule has 2 rings (SSSR count). The van der Waals surface area contributed by atoms with Crippen molar-refractivity contribution in [1.29, 1.82) is 0 Å². The Hall–Kier alpha value is -2.27. The van der Waals surface area contributed by atoms with Crippen LogP contribution in [-0.4, -0.2) is 18.0 Å². The molecule has 0 spiro atoms. The van der Waals surface area contributed by atoms with Gasteiger partial charge in [0.25, 0.3) is 5.91 Å². The monoisotopic (exact) mass is 291 g/mol. The van der Waals surface area contributed by atoms with Gasteiger partial charge in [-0.25, -0.2) is 4.98 Å². The molecule has 20 heavy (non-hydrogen) atoms. The number of methoxy groups -OCH3 is 1. The summed E-state index contributed by atoms with van der Waals surface area (Å²) in [5.74, 6) is 0.505. The van der Waals surface area contributed by atoms with Crippen LogP contribution < -0.4 is 15.8 Å². The summed E-state index contributed by atoms with van der Waals surface area (Å²) in [6.07, 6.45) is 1.53. The summed E-state index contributed by atoms with van der Waals surface area (Å²) in [5.41, 5.74) is 6.70. The number of ether oxygens (including phenoxy) is 1. The summed E-state index contributed by atoms with van der Waals surface area (Å²) in [7, 11) is 1.55. The van der Waals surface area contributed by atoms with E-state index in [0.29, 0.717) is 21.9 Å². The zero-order valence-corrected chi connectivity index (χ0v) is 11.6. The third kappa shape index (κ3) is 3.00. The van der Waals surface area contributed by atoms with Crippen LogP contribution in [0, 0.1) is 0 Å². The van der Waals surface area contributed by atoms with Crippen LogP contribution in [-0.2, 0) is 6.54 Å². The number of halogens is 1. The van der Waals surface area contributed by atoms with E-state index in [-0.39, 0.29) is 18.3 Å². The predicted molar refractivity (Wildman–Crippen MR) is 77.8 cm³/mol. The molecule has 0 unspecified atom stereocenters. The summed E-state index contributed by atoms with van der Waals surface area (Å²) in [6.45, 7) is 0.246. The maximum Gasteiger partial charge on any atom is 0.255 e. The van der Waals surface area contributed by atoms with Crippen molar-refractivity contribution in [2.24, 2.45) is 0 Å². The van der Waals surface area contributed by atoms with Crippen molar-refractivity contribution in [2.45, 2.75) is 6.54 Å². The molecule has 5 nitrogen and oxygen atoms in total. The van der Waals surface area contributed by atoms with Crippen molar-refractivity contribution in [3.8, 4) is 5.75 Å². The number of benzene rings is 1. The molecule has 2 aromatic rings. The first-order valence-electron chi connectivity index (χ1n) is 5.93. The smallest absolute Gasteiger partial charge is 0.255 e. The second-order valence-electron chi connectivity index (χ2n) is 4.04. The minimum absolute atomic E-state index is 0.191. The Labute approximate surface area is 121 Å². The second-order valence-corrected chi connectivity index (χ2v) is 4.45. The van der Waals surface area contributed by atoms with Crippen molar-refractivity contribution in [3.63, 3.8) is 0 Å². The lowest BCUT2D eigenvalue weighted by Crippen LogP contribution is -2.24. The number of anilines is 1. The van der Waals surface area contributed by atoms with E-state index in [1.165, 1.54) is 6.20 Å². The third-order valence-corrected chi connectivity index (χ3v) is 3.16. The van der Waals surface area contributed by atoms with Crippen LogP contribution in [0.3, 0.4) is 0 Å². The number of nitrogens with zero attached hydrogens (tertiary/aromatic N) is 1. The number of nitrogens with one attached hydrogen (secondary N) is 1. The summed E-state index contributed by atoms with van der Waals surface area (Å²) in [4.78, 5) is 15.9. The average Bonchev–Trinajstić information content (AvgIpc) is 2.46. The molecule has 1 aromatic carbocycles. The van der Waals surface area contributed by atoms with E-state index in [9.17, 15) is 4.79 Å². The Kier molecular flexibility index (Phi) is 4.42. The molecule has 0 radical (unpaired) electrons. The van der Waals surface area contributed by atoms with E-state index >= 15 is 0 Å². The van der Waals surface area contributed by atoms with Gasteiger partial charge in [0.15, 0.2) is 0 Å². The first kappa shape index (κ1) is 14.1. The average molecular weight is 292 g/mol. The van der Waals surface area contributed by atoms with Crippen LogP contribution in [0.1, 0.15) is 15.9 Å². The maximum absolute atomic E-state index is 12.0. The van der Waals surface area contributed by atoms with Gasteiger partial charge in [0.1, 0.15) is 11.6 Å². The van der Waals surface area contributed by atoms with E-state index < -0.39 is 0 Å². The fraction of sp³-hybridized carbons (Fsp3) is 0.143. The number of carbonyl (C=O) groups excluding carboxylic acids is 1. The maximum atomic E-state index is 12.0. The number of nitrogen functional groups attached to an aromatic ring is 1. The second kappa shape index (κ2) is 6.25. The molecule has 0 aliphatic carbocycles. The molecule has 0 aliphatic rings. The summed E-state index contributed by atoms with van der Waals surface area (Å²) >= 11 is 6.10. The minimum atomic E-state index is -0.308. The molecular weight excluding hydrogens is 278 g/mol. The number of rotatable bonds is 4. The first-order valence-corrected chi connectivity index (χ1v) is 6.31. The number of amides is 1. The van der Waals surface area contributed by atoms with Gasteiger partial charge in [-0.05, 0) is 24.3 Å². The molecule has 0 saturated heterocycles. The lowest BCUT2D eigenvalue weighted by Gasteiger charge is -2.11. The van der Waals surface area contributed by atoms with Gasteiger partial charge in [-0.3, -0.25) is 4.79 Å². The zero-order chi connectivity index (χ0) is 14.5. The first-order chi connectivity index (χ1) is 9.63. The van der Waals surface area contributed by atoms with Crippen LogP contribution in [0.5, 0.6) is 5.75 Å². The third-order valence-electron chi connectivity index (χ3n) is 2.80. The molecule has 0 saturated carbocycles. The van der Waals surface area contributed by atoms with Gasteiger partial charge in [-0.15, -0.1) is 0 Å². The van der Waals surface area contributed by atoms with Crippen molar-refractivity contribution in [2.75, 3.05) is 12.8 Å². The van der Waals surface area contributed by atoms with Gasteiger partial charge in [-0.1, -0.05) is 17.7 Å². The highest BCUT2D eigenvalue weighted by Crippen LogP contribution is 2.26. The molecule has 6 heteroatoms. The van der Waals surface area contributed by atoms with Crippen LogP contribution in [0.2, 0.25) is 5.02 Å². The lowest BCUT2D eigenvalue weighted by molar-refractivity contribution is 0.0951. The highest BCUT2D eigenvalue weighted by Gasteiger charge is 2.12. The Balaban J connectivity index is 2.14. The van der Waals surface area contributed by atoms with Crippen molar-refractivity contribution < 1.29 is 9.53 Å². The van der Waals surface area contributed by atoms with Crippen LogP contribution in [0.4, 0.5) is 5.82 Å². The lowest BCUT2D eigenvalue weighted by atomic mass is 10.2. The summed E-state index contributed by atoms with van der Waals surface area (Å²) < 4.78 is 5.22. The Morgan fingerprint density at radius 1 is 1.40 bits per heavy atom. The van der Waals surface area contributed by atoms with E-state index in [4.69, 9.17) is 22.1 Å². The number of hydrogen-bond donors (Lipinski definition) is 2. The molecule has 0 bridgehead atoms. The molecule has 0 atom stereocenters. The largest absolute Gasteiger partial charge is 0.496 e. The standard InChI is InChI=1S/C14H14ClN3O2/c1-20-12-6-2-5-11(15)10(12)8-18-14(19)9-4-3-7-17-13(9)16/h2-7H,8H2,1H3,(H2,16,17)(H,18,19). The Morgan fingerprint density at radius 3 is 2.90 bits per heavy atom. The van der Waals surface area contributed by atoms with Gasteiger partial charge in [0, 0.05) is 23.3 Å². The van der Waals surface area contributed by atoms with E-state index in [1.54, 1.807) is 37.4 Å². The number of pyridine rings is 1. The van der Waals surface area contributed by atoms with Gasteiger partial charge in [0.05, 0.1) is 12.7 Å². The fourth-order valence-corrected chi connectivity index (χ4v) is 2.01. The Morgan fingerprint density at radius 2 is 2.20 bits per heavy atom. The van der Waals surface area contributed by atoms with Crippen molar-refractivity contribution >= 4 is 23.3 Å². The number of aromatic nitrogens is 1. The molecule has 1 amide bonds. The Bertz CT molecular complexity index is 632. The number of hydrogen-bond acceptors (Lipinski definition) is 4. The van der Waals surface area contributed by atoms with E-state index in [2.05, 4.69) is 10.3 Å². The van der Waals surface area contributed by atoms with Gasteiger partial charge in [0.2, 0.25) is 0 Å². The van der Waals surface area contributed by atoms with Crippen LogP contribution >= 0.6 is 11.6 Å². The topological polar surface area (TPSA) is 77.2 Å². The molecule has 1 aromatic heterocycles. The van der Waals surface area contributed by atoms with Gasteiger partial charge < -0.3 is 15.8 Å². The minimum Gasteiger partial charge on any atom is -0.496 e. The van der Waals surface area contributed by atoms with Gasteiger partial charge >= 0.3 is 0 Å². The molecule has 104 valence electrons. The van der Waals surface area contributed by atoms with Gasteiger partial charge in [-0.2, -0.15) is 0 Å². The molecule has 3 N–H and O–H groups in total. The van der Waals surface area contributed by atoms with E-state index in [0.717, 1.165) is 0 Å². The molecular formula is C14H14ClN3O2. The summed E-state index contributed by atoms with van der Waals surface area (Å²) in [5, 5.41) is 3.28. The number of nitrogens with two attached hydrogens (primary N) is 1. The SMILES string of the molecule is COc1cccc(Cl)c1CNC(=O)c1cccnc1N. The molecule has 0 aliphatic heterocycles. The molecule has 1 heterocycles. The van der Waals surface area contributed by atoms with Crippen molar-refractivity contribution in [3.05, 3.63) is 52.7 Å². The highest BCUT2D eigenvalue weighted by atomic mass is 35.5. The normalized spacial score (nSPS) is 10.1. The molecule has 0 fully saturated rings. The van der Waals surface area contributed by atoms with E-state index in [1.807, 2.05) is 0 Å². The fourth-order valence-electron chi connectivity index (χ4n) is 1.78. The quantitative estimate of drug-likeness (QED) is 0.906. The summed E-state index contributed by atoms with van der Waals surface area (Å²) in [6, 6.07) is 8.57. The van der Waals surface area contributed by atoms with Crippen LogP contribution in [0.15, 0.2) is 36.5 Å². The zero-order valence-electron chi connectivity index (χ0n) is 10.9.